The number of hydrogen-bond acceptors (Lipinski definition) is 2. The summed E-state index contributed by atoms with van der Waals surface area (Å²) in [6, 6.07) is 14.9. The summed E-state index contributed by atoms with van der Waals surface area (Å²) in [4.78, 5) is 2.44. The molecule has 2 heteroatoms. The van der Waals surface area contributed by atoms with Crippen molar-refractivity contribution in [2.24, 2.45) is 0 Å². The molecule has 0 fully saturated rings. The Bertz CT molecular complexity index is 538. The molecule has 0 amide bonds. The lowest BCUT2D eigenvalue weighted by molar-refractivity contribution is 0.271. The molecule has 0 aliphatic heterocycles. The van der Waals surface area contributed by atoms with E-state index < -0.39 is 0 Å². The van der Waals surface area contributed by atoms with Crippen molar-refractivity contribution < 1.29 is 0 Å². The molecule has 20 heavy (non-hydrogen) atoms. The van der Waals surface area contributed by atoms with E-state index in [4.69, 9.17) is 5.73 Å². The lowest BCUT2D eigenvalue weighted by Gasteiger charge is -2.21. The molecule has 0 saturated heterocycles. The smallest absolute Gasteiger partial charge is 0.0314 e. The zero-order valence-electron chi connectivity index (χ0n) is 12.7. The molecule has 0 atom stereocenters. The number of rotatable bonds is 5. The molecule has 2 nitrogen and oxygen atoms in total. The van der Waals surface area contributed by atoms with Gasteiger partial charge in [-0.3, -0.25) is 4.90 Å². The first-order valence-electron chi connectivity index (χ1n) is 7.20. The van der Waals surface area contributed by atoms with Gasteiger partial charge in [-0.25, -0.2) is 0 Å². The molecule has 0 aliphatic rings. The summed E-state index contributed by atoms with van der Waals surface area (Å²) in [6.07, 6.45) is 0. The van der Waals surface area contributed by atoms with Crippen molar-refractivity contribution in [2.45, 2.75) is 33.9 Å². The van der Waals surface area contributed by atoms with Crippen LogP contribution in [-0.4, -0.2) is 11.4 Å². The van der Waals surface area contributed by atoms with E-state index in [0.29, 0.717) is 0 Å². The minimum atomic E-state index is 0.825. The maximum atomic E-state index is 5.73. The molecule has 0 saturated carbocycles. The third kappa shape index (κ3) is 4.10. The van der Waals surface area contributed by atoms with Crippen LogP contribution in [0.15, 0.2) is 42.5 Å². The Balaban J connectivity index is 2.06. The lowest BCUT2D eigenvalue weighted by Crippen LogP contribution is -2.22. The zero-order valence-corrected chi connectivity index (χ0v) is 12.7. The third-order valence-electron chi connectivity index (χ3n) is 3.52. The molecular weight excluding hydrogens is 244 g/mol. The number of hydrogen-bond donors (Lipinski definition) is 1. The van der Waals surface area contributed by atoms with Crippen molar-refractivity contribution in [1.82, 2.24) is 4.90 Å². The average Bonchev–Trinajstić information content (AvgIpc) is 2.39. The fourth-order valence-electron chi connectivity index (χ4n) is 2.58. The Morgan fingerprint density at radius 2 is 1.40 bits per heavy atom. The van der Waals surface area contributed by atoms with E-state index in [1.807, 2.05) is 12.1 Å². The van der Waals surface area contributed by atoms with Gasteiger partial charge in [-0.15, -0.1) is 0 Å². The van der Waals surface area contributed by atoms with Crippen molar-refractivity contribution in [3.8, 4) is 0 Å². The fourth-order valence-corrected chi connectivity index (χ4v) is 2.58. The van der Waals surface area contributed by atoms with Crippen molar-refractivity contribution in [2.75, 3.05) is 12.3 Å². The Morgan fingerprint density at radius 1 is 0.850 bits per heavy atom. The topological polar surface area (TPSA) is 29.3 Å². The third-order valence-corrected chi connectivity index (χ3v) is 3.52. The molecule has 106 valence electrons. The van der Waals surface area contributed by atoms with E-state index in [1.54, 1.807) is 0 Å². The quantitative estimate of drug-likeness (QED) is 0.833. The van der Waals surface area contributed by atoms with Crippen molar-refractivity contribution in [1.29, 1.82) is 0 Å². The first-order valence-corrected chi connectivity index (χ1v) is 7.20. The van der Waals surface area contributed by atoms with E-state index >= 15 is 0 Å². The Kier molecular flexibility index (Phi) is 4.80. The van der Waals surface area contributed by atoms with E-state index in [0.717, 1.165) is 25.3 Å². The van der Waals surface area contributed by atoms with Gasteiger partial charge in [-0.2, -0.15) is 0 Å². The van der Waals surface area contributed by atoms with Crippen LogP contribution in [0.1, 0.15) is 29.2 Å². The lowest BCUT2D eigenvalue weighted by atomic mass is 10.1. The van der Waals surface area contributed by atoms with Gasteiger partial charge in [0.25, 0.3) is 0 Å². The highest BCUT2D eigenvalue weighted by molar-refractivity contribution is 5.39. The molecule has 0 bridgehead atoms. The van der Waals surface area contributed by atoms with Gasteiger partial charge in [0, 0.05) is 18.8 Å². The monoisotopic (exact) mass is 268 g/mol. The van der Waals surface area contributed by atoms with Crippen molar-refractivity contribution >= 4 is 5.69 Å². The highest BCUT2D eigenvalue weighted by atomic mass is 15.1. The Labute approximate surface area is 122 Å². The summed E-state index contributed by atoms with van der Waals surface area (Å²) in [7, 11) is 0. The molecule has 0 aliphatic carbocycles. The van der Waals surface area contributed by atoms with Crippen LogP contribution >= 0.6 is 0 Å². The van der Waals surface area contributed by atoms with Gasteiger partial charge in [0.1, 0.15) is 0 Å². The van der Waals surface area contributed by atoms with Crippen LogP contribution in [0.2, 0.25) is 0 Å². The first kappa shape index (κ1) is 14.6. The number of nitrogens with zero attached hydrogens (tertiary/aromatic N) is 1. The standard InChI is InChI=1S/C18H24N2/c1-4-20(12-16-5-7-18(19)8-6-16)13-17-10-14(2)9-15(3)11-17/h5-11H,4,12-13,19H2,1-3H3. The molecule has 0 unspecified atom stereocenters. The van der Waals surface area contributed by atoms with Gasteiger partial charge < -0.3 is 5.73 Å². The second-order valence-corrected chi connectivity index (χ2v) is 5.54. The fraction of sp³-hybridized carbons (Fsp3) is 0.333. The summed E-state index contributed by atoms with van der Waals surface area (Å²) in [5.74, 6) is 0. The summed E-state index contributed by atoms with van der Waals surface area (Å²) in [6.45, 7) is 9.52. The van der Waals surface area contributed by atoms with Gasteiger partial charge in [-0.05, 0) is 43.7 Å². The predicted molar refractivity (Wildman–Crippen MR) is 86.6 cm³/mol. The zero-order chi connectivity index (χ0) is 14.5. The van der Waals surface area contributed by atoms with Crippen LogP contribution in [0.4, 0.5) is 5.69 Å². The second-order valence-electron chi connectivity index (χ2n) is 5.54. The number of benzene rings is 2. The molecule has 0 radical (unpaired) electrons. The molecular formula is C18H24N2. The molecule has 0 spiro atoms. The Morgan fingerprint density at radius 3 is 1.95 bits per heavy atom. The van der Waals surface area contributed by atoms with Crippen LogP contribution in [-0.2, 0) is 13.1 Å². The van der Waals surface area contributed by atoms with Crippen LogP contribution in [0.3, 0.4) is 0 Å². The highest BCUT2D eigenvalue weighted by Crippen LogP contribution is 2.14. The number of nitrogen functional groups attached to an aromatic ring is 1. The normalized spacial score (nSPS) is 11.0. The minimum absolute atomic E-state index is 0.825. The van der Waals surface area contributed by atoms with Crippen LogP contribution in [0.5, 0.6) is 0 Å². The SMILES string of the molecule is CCN(Cc1ccc(N)cc1)Cc1cc(C)cc(C)c1. The molecule has 2 rings (SSSR count). The number of nitrogens with two attached hydrogens (primary N) is 1. The van der Waals surface area contributed by atoms with E-state index in [-0.39, 0.29) is 0 Å². The molecule has 2 N–H and O–H groups in total. The summed E-state index contributed by atoms with van der Waals surface area (Å²) >= 11 is 0. The van der Waals surface area contributed by atoms with Gasteiger partial charge in [0.15, 0.2) is 0 Å². The molecule has 0 heterocycles. The maximum Gasteiger partial charge on any atom is 0.0314 e. The highest BCUT2D eigenvalue weighted by Gasteiger charge is 2.06. The van der Waals surface area contributed by atoms with Gasteiger partial charge in [0.2, 0.25) is 0 Å². The minimum Gasteiger partial charge on any atom is -0.399 e. The number of aryl methyl sites for hydroxylation is 2. The summed E-state index contributed by atoms with van der Waals surface area (Å²) in [5.41, 5.74) is 11.9. The van der Waals surface area contributed by atoms with E-state index in [2.05, 4.69) is 56.0 Å². The molecule has 2 aromatic rings. The van der Waals surface area contributed by atoms with Crippen molar-refractivity contribution in [3.63, 3.8) is 0 Å². The summed E-state index contributed by atoms with van der Waals surface area (Å²) < 4.78 is 0. The number of anilines is 1. The van der Waals surface area contributed by atoms with E-state index in [1.165, 1.54) is 22.3 Å². The largest absolute Gasteiger partial charge is 0.399 e. The maximum absolute atomic E-state index is 5.73. The average molecular weight is 268 g/mol. The Hall–Kier alpha value is -1.80. The predicted octanol–water partition coefficient (Wildman–Crippen LogP) is 3.91. The van der Waals surface area contributed by atoms with Crippen LogP contribution < -0.4 is 5.73 Å². The van der Waals surface area contributed by atoms with E-state index in [9.17, 15) is 0 Å². The van der Waals surface area contributed by atoms with Crippen LogP contribution in [0.25, 0.3) is 0 Å². The molecule has 0 aromatic heterocycles. The van der Waals surface area contributed by atoms with Gasteiger partial charge in [-0.1, -0.05) is 48.4 Å². The first-order chi connectivity index (χ1) is 9.56. The summed E-state index contributed by atoms with van der Waals surface area (Å²) in [5, 5.41) is 0. The second kappa shape index (κ2) is 6.58. The van der Waals surface area contributed by atoms with Crippen LogP contribution in [0, 0.1) is 13.8 Å². The van der Waals surface area contributed by atoms with Crippen molar-refractivity contribution in [3.05, 3.63) is 64.7 Å². The van der Waals surface area contributed by atoms with Gasteiger partial charge >= 0.3 is 0 Å². The molecule has 2 aromatic carbocycles. The van der Waals surface area contributed by atoms with Gasteiger partial charge in [0.05, 0.1) is 0 Å².